The minimum atomic E-state index is -0.129. The summed E-state index contributed by atoms with van der Waals surface area (Å²) in [5.41, 5.74) is 4.66. The third kappa shape index (κ3) is 3.62. The molecule has 0 aliphatic carbocycles. The zero-order valence-electron chi connectivity index (χ0n) is 15.7. The molecule has 6 heteroatoms. The molecule has 28 heavy (non-hydrogen) atoms. The normalized spacial score (nSPS) is 11.6. The number of methoxy groups -OCH3 is 2. The van der Waals surface area contributed by atoms with E-state index in [2.05, 4.69) is 10.3 Å². The third-order valence-corrected chi connectivity index (χ3v) is 4.62. The minimum absolute atomic E-state index is 0.129. The zero-order chi connectivity index (χ0) is 19.5. The van der Waals surface area contributed by atoms with Gasteiger partial charge in [-0.15, -0.1) is 0 Å². The number of fused-ring (bicyclic) bond motifs is 3. The Balaban J connectivity index is 1.50. The van der Waals surface area contributed by atoms with Gasteiger partial charge in [0.25, 0.3) is 0 Å². The maximum absolute atomic E-state index is 12.5. The summed E-state index contributed by atoms with van der Waals surface area (Å²) in [6.07, 6.45) is 3.79. The zero-order valence-corrected chi connectivity index (χ0v) is 15.7. The molecule has 0 radical (unpaired) electrons. The number of benzene rings is 2. The molecule has 0 atom stereocenters. The van der Waals surface area contributed by atoms with Gasteiger partial charge in [0, 0.05) is 41.3 Å². The molecule has 0 unspecified atom stereocenters. The van der Waals surface area contributed by atoms with Gasteiger partial charge in [0.1, 0.15) is 23.9 Å². The average molecular weight is 376 g/mol. The van der Waals surface area contributed by atoms with Crippen molar-refractivity contribution in [2.75, 3.05) is 19.5 Å². The number of pyridine rings is 1. The van der Waals surface area contributed by atoms with Crippen LogP contribution in [0.2, 0.25) is 0 Å². The van der Waals surface area contributed by atoms with Crippen LogP contribution in [0.5, 0.6) is 17.2 Å². The molecule has 1 aliphatic heterocycles. The van der Waals surface area contributed by atoms with E-state index in [0.29, 0.717) is 23.8 Å². The van der Waals surface area contributed by atoms with E-state index < -0.39 is 0 Å². The van der Waals surface area contributed by atoms with Crippen molar-refractivity contribution < 1.29 is 19.0 Å². The highest BCUT2D eigenvalue weighted by Gasteiger charge is 2.18. The molecule has 0 spiro atoms. The number of nitrogens with zero attached hydrogens (tertiary/aromatic N) is 1. The van der Waals surface area contributed by atoms with Crippen molar-refractivity contribution >= 4 is 11.6 Å². The second-order valence-corrected chi connectivity index (χ2v) is 6.48. The third-order valence-electron chi connectivity index (χ3n) is 4.62. The molecule has 142 valence electrons. The van der Waals surface area contributed by atoms with E-state index in [1.54, 1.807) is 26.5 Å². The van der Waals surface area contributed by atoms with E-state index in [0.717, 1.165) is 28.0 Å². The lowest BCUT2D eigenvalue weighted by Gasteiger charge is -2.21. The van der Waals surface area contributed by atoms with Crippen molar-refractivity contribution in [1.82, 2.24) is 4.98 Å². The summed E-state index contributed by atoms with van der Waals surface area (Å²) in [6.45, 7) is 0.469. The number of nitrogens with one attached hydrogen (secondary N) is 1. The van der Waals surface area contributed by atoms with Crippen LogP contribution < -0.4 is 19.5 Å². The van der Waals surface area contributed by atoms with Crippen LogP contribution in [-0.4, -0.2) is 25.1 Å². The molecule has 0 saturated heterocycles. The summed E-state index contributed by atoms with van der Waals surface area (Å²) in [5.74, 6) is 1.92. The van der Waals surface area contributed by atoms with Crippen molar-refractivity contribution in [1.29, 1.82) is 0 Å². The van der Waals surface area contributed by atoms with Crippen molar-refractivity contribution in [2.45, 2.75) is 13.0 Å². The van der Waals surface area contributed by atoms with Crippen LogP contribution >= 0.6 is 0 Å². The van der Waals surface area contributed by atoms with Gasteiger partial charge in [-0.1, -0.05) is 0 Å². The highest BCUT2D eigenvalue weighted by molar-refractivity contribution is 5.93. The number of carbonyl (C=O) groups is 1. The number of aromatic nitrogens is 1. The predicted octanol–water partition coefficient (Wildman–Crippen LogP) is 3.84. The summed E-state index contributed by atoms with van der Waals surface area (Å²) in [4.78, 5) is 16.6. The second-order valence-electron chi connectivity index (χ2n) is 6.48. The largest absolute Gasteiger partial charge is 0.497 e. The van der Waals surface area contributed by atoms with E-state index >= 15 is 0 Å². The molecular weight excluding hydrogens is 356 g/mol. The smallest absolute Gasteiger partial charge is 0.228 e. The summed E-state index contributed by atoms with van der Waals surface area (Å²) in [7, 11) is 3.17. The van der Waals surface area contributed by atoms with Crippen molar-refractivity contribution in [2.24, 2.45) is 0 Å². The van der Waals surface area contributed by atoms with Gasteiger partial charge in [0.2, 0.25) is 5.91 Å². The summed E-state index contributed by atoms with van der Waals surface area (Å²) in [6, 6.07) is 13.1. The molecule has 1 aliphatic rings. The topological polar surface area (TPSA) is 69.7 Å². The van der Waals surface area contributed by atoms with E-state index in [1.165, 1.54) is 0 Å². The summed E-state index contributed by atoms with van der Waals surface area (Å²) >= 11 is 0. The number of hydrogen-bond acceptors (Lipinski definition) is 5. The van der Waals surface area contributed by atoms with E-state index in [9.17, 15) is 4.79 Å². The van der Waals surface area contributed by atoms with Crippen molar-refractivity contribution in [3.63, 3.8) is 0 Å². The molecular formula is C22H20N2O4. The lowest BCUT2D eigenvalue weighted by molar-refractivity contribution is -0.115. The molecule has 1 amide bonds. The van der Waals surface area contributed by atoms with Crippen LogP contribution in [0.25, 0.3) is 11.1 Å². The van der Waals surface area contributed by atoms with Gasteiger partial charge < -0.3 is 19.5 Å². The van der Waals surface area contributed by atoms with Gasteiger partial charge in [0.15, 0.2) is 0 Å². The van der Waals surface area contributed by atoms with Crippen molar-refractivity contribution in [3.8, 4) is 28.4 Å². The predicted molar refractivity (Wildman–Crippen MR) is 106 cm³/mol. The Kier molecular flexibility index (Phi) is 4.85. The molecule has 2 heterocycles. The quantitative estimate of drug-likeness (QED) is 0.733. The molecule has 0 fully saturated rings. The SMILES string of the molecule is COc1cc(CC(=O)Nc2ccc3c(c2)OCc2cnccc2-3)cc(OC)c1. The molecule has 2 aromatic carbocycles. The van der Waals surface area contributed by atoms with Crippen LogP contribution in [0.3, 0.4) is 0 Å². The van der Waals surface area contributed by atoms with E-state index in [1.807, 2.05) is 42.6 Å². The highest BCUT2D eigenvalue weighted by atomic mass is 16.5. The number of amides is 1. The van der Waals surface area contributed by atoms with E-state index in [-0.39, 0.29) is 12.3 Å². The van der Waals surface area contributed by atoms with Gasteiger partial charge >= 0.3 is 0 Å². The Labute approximate surface area is 163 Å². The summed E-state index contributed by atoms with van der Waals surface area (Å²) < 4.78 is 16.3. The fourth-order valence-corrected chi connectivity index (χ4v) is 3.26. The minimum Gasteiger partial charge on any atom is -0.497 e. The second kappa shape index (κ2) is 7.60. The number of ether oxygens (including phenoxy) is 3. The Morgan fingerprint density at radius 1 is 1.07 bits per heavy atom. The fourth-order valence-electron chi connectivity index (χ4n) is 3.26. The first-order valence-electron chi connectivity index (χ1n) is 8.88. The van der Waals surface area contributed by atoms with Crippen molar-refractivity contribution in [3.05, 3.63) is 66.0 Å². The van der Waals surface area contributed by atoms with Crippen LogP contribution in [0, 0.1) is 0 Å². The Morgan fingerprint density at radius 3 is 2.61 bits per heavy atom. The van der Waals surface area contributed by atoms with Gasteiger partial charge in [-0.2, -0.15) is 0 Å². The average Bonchev–Trinajstić information content (AvgIpc) is 2.73. The Morgan fingerprint density at radius 2 is 1.86 bits per heavy atom. The fraction of sp³-hybridized carbons (Fsp3) is 0.182. The Hall–Kier alpha value is -3.54. The van der Waals surface area contributed by atoms with Crippen LogP contribution in [-0.2, 0) is 17.8 Å². The van der Waals surface area contributed by atoms with Crippen LogP contribution in [0.15, 0.2) is 54.9 Å². The van der Waals surface area contributed by atoms with Gasteiger partial charge in [0.05, 0.1) is 20.6 Å². The molecule has 0 bridgehead atoms. The molecule has 0 saturated carbocycles. The number of anilines is 1. The molecule has 1 N–H and O–H groups in total. The van der Waals surface area contributed by atoms with Crippen LogP contribution in [0.4, 0.5) is 5.69 Å². The van der Waals surface area contributed by atoms with Crippen LogP contribution in [0.1, 0.15) is 11.1 Å². The van der Waals surface area contributed by atoms with Gasteiger partial charge in [-0.3, -0.25) is 9.78 Å². The lowest BCUT2D eigenvalue weighted by atomic mass is 9.98. The highest BCUT2D eigenvalue weighted by Crippen LogP contribution is 2.38. The molecule has 3 aromatic rings. The van der Waals surface area contributed by atoms with E-state index in [4.69, 9.17) is 14.2 Å². The number of hydrogen-bond donors (Lipinski definition) is 1. The molecule has 1 aromatic heterocycles. The first kappa shape index (κ1) is 17.9. The van der Waals surface area contributed by atoms with Gasteiger partial charge in [-0.05, 0) is 41.5 Å². The molecule has 4 rings (SSSR count). The number of rotatable bonds is 5. The maximum Gasteiger partial charge on any atom is 0.228 e. The number of carbonyl (C=O) groups excluding carboxylic acids is 1. The maximum atomic E-state index is 12.5. The molecule has 6 nitrogen and oxygen atoms in total. The summed E-state index contributed by atoms with van der Waals surface area (Å²) in [5, 5.41) is 2.93. The first-order valence-corrected chi connectivity index (χ1v) is 8.88. The standard InChI is InChI=1S/C22H20N2O4/c1-26-17-7-14(8-18(11-17)27-2)9-22(25)24-16-3-4-20-19-5-6-23-12-15(19)13-28-21(20)10-16/h3-8,10-12H,9,13H2,1-2H3,(H,24,25). The lowest BCUT2D eigenvalue weighted by Crippen LogP contribution is -2.15. The van der Waals surface area contributed by atoms with Gasteiger partial charge in [-0.25, -0.2) is 0 Å². The monoisotopic (exact) mass is 376 g/mol. The Bertz CT molecular complexity index is 1010. The first-order chi connectivity index (χ1) is 13.7.